The number of rotatable bonds is 6. The molecule has 30 heavy (non-hydrogen) atoms. The van der Waals surface area contributed by atoms with E-state index in [4.69, 9.17) is 11.6 Å². The molecule has 1 amide bonds. The number of aromatic nitrogens is 3. The van der Waals surface area contributed by atoms with E-state index in [0.29, 0.717) is 17.3 Å². The molecule has 0 radical (unpaired) electrons. The minimum absolute atomic E-state index is 0.104. The summed E-state index contributed by atoms with van der Waals surface area (Å²) in [6, 6.07) is 17.5. The molecule has 0 atom stereocenters. The normalized spacial score (nSPS) is 11.2. The van der Waals surface area contributed by atoms with Gasteiger partial charge >= 0.3 is 0 Å². The molecular formula is C23H22ClN5O. The fourth-order valence-electron chi connectivity index (χ4n) is 3.35. The molecule has 2 heterocycles. The van der Waals surface area contributed by atoms with Crippen LogP contribution in [0.25, 0.3) is 27.8 Å². The summed E-state index contributed by atoms with van der Waals surface area (Å²) in [5.74, 6) is -0.104. The van der Waals surface area contributed by atoms with Crippen LogP contribution in [0.3, 0.4) is 0 Å². The van der Waals surface area contributed by atoms with Crippen LogP contribution in [-0.2, 0) is 0 Å². The van der Waals surface area contributed by atoms with E-state index in [1.807, 2.05) is 84.4 Å². The lowest BCUT2D eigenvalue weighted by Gasteiger charge is -2.11. The zero-order valence-corrected chi connectivity index (χ0v) is 17.6. The van der Waals surface area contributed by atoms with Crippen molar-refractivity contribution in [2.75, 3.05) is 27.2 Å². The molecule has 0 bridgehead atoms. The molecule has 0 saturated heterocycles. The van der Waals surface area contributed by atoms with Crippen LogP contribution in [0.5, 0.6) is 0 Å². The number of amides is 1. The van der Waals surface area contributed by atoms with Crippen molar-refractivity contribution in [3.05, 3.63) is 77.8 Å². The number of likely N-dealkylation sites (N-methyl/N-ethyl adjacent to an activating group) is 1. The predicted molar refractivity (Wildman–Crippen MR) is 120 cm³/mol. The molecule has 0 aliphatic carbocycles. The smallest absolute Gasteiger partial charge is 0.251 e. The molecule has 1 N–H and O–H groups in total. The highest BCUT2D eigenvalue weighted by Gasteiger charge is 2.17. The Kier molecular flexibility index (Phi) is 5.79. The third-order valence-corrected chi connectivity index (χ3v) is 5.14. The largest absolute Gasteiger partial charge is 0.351 e. The van der Waals surface area contributed by atoms with E-state index in [-0.39, 0.29) is 5.91 Å². The number of hydrogen-bond acceptors (Lipinski definition) is 4. The van der Waals surface area contributed by atoms with Gasteiger partial charge in [-0.15, -0.1) is 0 Å². The van der Waals surface area contributed by atoms with Crippen molar-refractivity contribution in [3.8, 4) is 16.8 Å². The van der Waals surface area contributed by atoms with Crippen LogP contribution in [0.15, 0.2) is 67.1 Å². The maximum Gasteiger partial charge on any atom is 0.251 e. The predicted octanol–water partition coefficient (Wildman–Crippen LogP) is 4.03. The second-order valence-electron chi connectivity index (χ2n) is 7.25. The van der Waals surface area contributed by atoms with Crippen LogP contribution in [0, 0.1) is 0 Å². The molecule has 0 aliphatic rings. The fraction of sp³-hybridized carbons (Fsp3) is 0.174. The molecule has 0 saturated carbocycles. The van der Waals surface area contributed by atoms with Crippen molar-refractivity contribution in [1.29, 1.82) is 0 Å². The second kappa shape index (κ2) is 8.65. The molecule has 6 nitrogen and oxygen atoms in total. The number of nitrogens with zero attached hydrogens (tertiary/aromatic N) is 4. The number of nitrogens with one attached hydrogen (secondary N) is 1. The van der Waals surface area contributed by atoms with E-state index in [9.17, 15) is 4.79 Å². The van der Waals surface area contributed by atoms with Gasteiger partial charge in [0.05, 0.1) is 5.39 Å². The lowest BCUT2D eigenvalue weighted by atomic mass is 10.0. The minimum atomic E-state index is -0.104. The minimum Gasteiger partial charge on any atom is -0.351 e. The Balaban J connectivity index is 1.76. The SMILES string of the molecule is CN(C)CCNC(=O)c1cccc(-c2cn(-c3ccccc3)c3ncnc(Cl)c23)c1. The van der Waals surface area contributed by atoms with Gasteiger partial charge < -0.3 is 14.8 Å². The monoisotopic (exact) mass is 419 g/mol. The number of benzene rings is 2. The van der Waals surface area contributed by atoms with E-state index in [2.05, 4.69) is 15.3 Å². The number of hydrogen-bond donors (Lipinski definition) is 1. The molecule has 0 unspecified atom stereocenters. The summed E-state index contributed by atoms with van der Waals surface area (Å²) in [5, 5.41) is 4.09. The van der Waals surface area contributed by atoms with Crippen LogP contribution in [-0.4, -0.2) is 52.5 Å². The molecule has 2 aromatic heterocycles. The van der Waals surface area contributed by atoms with Gasteiger partial charge in [0.15, 0.2) is 0 Å². The Morgan fingerprint density at radius 3 is 2.67 bits per heavy atom. The van der Waals surface area contributed by atoms with E-state index < -0.39 is 0 Å². The third-order valence-electron chi connectivity index (χ3n) is 4.85. The summed E-state index contributed by atoms with van der Waals surface area (Å²) in [4.78, 5) is 23.2. The molecule has 4 rings (SSSR count). The van der Waals surface area contributed by atoms with Crippen molar-refractivity contribution >= 4 is 28.5 Å². The van der Waals surface area contributed by atoms with Gasteiger partial charge in [-0.3, -0.25) is 4.79 Å². The van der Waals surface area contributed by atoms with Gasteiger partial charge in [0.1, 0.15) is 17.1 Å². The van der Waals surface area contributed by atoms with Gasteiger partial charge in [0.2, 0.25) is 0 Å². The Morgan fingerprint density at radius 2 is 1.90 bits per heavy atom. The summed E-state index contributed by atoms with van der Waals surface area (Å²) in [5.41, 5.74) is 4.05. The number of carbonyl (C=O) groups excluding carboxylic acids is 1. The molecule has 7 heteroatoms. The van der Waals surface area contributed by atoms with Gasteiger partial charge in [0.25, 0.3) is 5.91 Å². The first-order chi connectivity index (χ1) is 14.5. The quantitative estimate of drug-likeness (QED) is 0.479. The number of carbonyl (C=O) groups is 1. The van der Waals surface area contributed by atoms with Crippen LogP contribution in [0.4, 0.5) is 0 Å². The van der Waals surface area contributed by atoms with Crippen LogP contribution in [0.2, 0.25) is 5.15 Å². The first-order valence-electron chi connectivity index (χ1n) is 9.65. The highest BCUT2D eigenvalue weighted by Crippen LogP contribution is 2.35. The molecular weight excluding hydrogens is 398 g/mol. The summed E-state index contributed by atoms with van der Waals surface area (Å²) in [7, 11) is 3.95. The van der Waals surface area contributed by atoms with Gasteiger partial charge in [-0.05, 0) is 43.9 Å². The van der Waals surface area contributed by atoms with Crippen LogP contribution in [0.1, 0.15) is 10.4 Å². The standard InChI is InChI=1S/C23H22ClN5O/c1-28(2)12-11-25-23(30)17-8-6-7-16(13-17)19-14-29(18-9-4-3-5-10-18)22-20(19)21(24)26-15-27-22/h3-10,13-15H,11-12H2,1-2H3,(H,25,30). The zero-order chi connectivity index (χ0) is 21.1. The molecule has 0 aliphatic heterocycles. The van der Waals surface area contributed by atoms with Crippen molar-refractivity contribution in [1.82, 2.24) is 24.8 Å². The maximum atomic E-state index is 12.6. The van der Waals surface area contributed by atoms with Crippen molar-refractivity contribution < 1.29 is 4.79 Å². The van der Waals surface area contributed by atoms with Gasteiger partial charge in [0, 0.05) is 36.1 Å². The fourth-order valence-corrected chi connectivity index (χ4v) is 3.58. The van der Waals surface area contributed by atoms with Gasteiger partial charge in [-0.1, -0.05) is 41.9 Å². The van der Waals surface area contributed by atoms with E-state index >= 15 is 0 Å². The highest BCUT2D eigenvalue weighted by atomic mass is 35.5. The lowest BCUT2D eigenvalue weighted by molar-refractivity contribution is 0.0951. The van der Waals surface area contributed by atoms with Gasteiger partial charge in [-0.25, -0.2) is 9.97 Å². The average Bonchev–Trinajstić information content (AvgIpc) is 3.15. The summed E-state index contributed by atoms with van der Waals surface area (Å²) in [6.07, 6.45) is 3.45. The van der Waals surface area contributed by atoms with E-state index in [0.717, 1.165) is 34.4 Å². The molecule has 152 valence electrons. The lowest BCUT2D eigenvalue weighted by Crippen LogP contribution is -2.31. The number of halogens is 1. The first-order valence-corrected chi connectivity index (χ1v) is 10.0. The molecule has 0 fully saturated rings. The van der Waals surface area contributed by atoms with E-state index in [1.165, 1.54) is 6.33 Å². The van der Waals surface area contributed by atoms with Crippen molar-refractivity contribution in [2.24, 2.45) is 0 Å². The van der Waals surface area contributed by atoms with Crippen molar-refractivity contribution in [2.45, 2.75) is 0 Å². The maximum absolute atomic E-state index is 12.6. The molecule has 2 aromatic carbocycles. The zero-order valence-electron chi connectivity index (χ0n) is 16.8. The Labute approximate surface area is 180 Å². The highest BCUT2D eigenvalue weighted by molar-refractivity contribution is 6.35. The third kappa shape index (κ3) is 4.06. The average molecular weight is 420 g/mol. The number of fused-ring (bicyclic) bond motifs is 1. The van der Waals surface area contributed by atoms with Crippen LogP contribution < -0.4 is 5.32 Å². The number of para-hydroxylation sites is 1. The summed E-state index contributed by atoms with van der Waals surface area (Å²) in [6.45, 7) is 1.37. The topological polar surface area (TPSA) is 63.1 Å². The van der Waals surface area contributed by atoms with Crippen molar-refractivity contribution in [3.63, 3.8) is 0 Å². The summed E-state index contributed by atoms with van der Waals surface area (Å²) < 4.78 is 1.99. The Bertz CT molecular complexity index is 1190. The van der Waals surface area contributed by atoms with Gasteiger partial charge in [-0.2, -0.15) is 0 Å². The summed E-state index contributed by atoms with van der Waals surface area (Å²) >= 11 is 6.46. The van der Waals surface area contributed by atoms with E-state index in [1.54, 1.807) is 0 Å². The second-order valence-corrected chi connectivity index (χ2v) is 7.61. The van der Waals surface area contributed by atoms with Crippen LogP contribution >= 0.6 is 11.6 Å². The Hall–Kier alpha value is -3.22. The molecule has 4 aromatic rings. The Morgan fingerprint density at radius 1 is 1.10 bits per heavy atom. The molecule has 0 spiro atoms. The first kappa shape index (κ1) is 20.1.